The number of rotatable bonds is 6. The first-order valence-electron chi connectivity index (χ1n) is 9.92. The molecule has 31 heavy (non-hydrogen) atoms. The molecule has 0 spiro atoms. The molecule has 0 aromatic rings. The SMILES string of the molecule is NC(=O)C1=NN(C2CCC(S(=O)(=O)O)CC2)C(=O)C1N=NC1CCC(S(=O)(=O)O)CC1. The Balaban J connectivity index is 1.66. The maximum atomic E-state index is 12.8. The van der Waals surface area contributed by atoms with Gasteiger partial charge in [0.15, 0.2) is 11.8 Å². The number of hydrogen-bond donors (Lipinski definition) is 3. The van der Waals surface area contributed by atoms with Crippen LogP contribution >= 0.6 is 0 Å². The second kappa shape index (κ2) is 8.88. The fraction of sp³-hybridized carbons (Fsp3) is 0.812. The number of nitrogens with two attached hydrogens (primary N) is 1. The van der Waals surface area contributed by atoms with Crippen molar-refractivity contribution in [1.82, 2.24) is 5.01 Å². The van der Waals surface area contributed by atoms with Crippen molar-refractivity contribution >= 4 is 37.8 Å². The molecule has 2 aliphatic carbocycles. The van der Waals surface area contributed by atoms with E-state index in [1.54, 1.807) is 0 Å². The molecule has 1 aliphatic heterocycles. The quantitative estimate of drug-likeness (QED) is 0.345. The summed E-state index contributed by atoms with van der Waals surface area (Å²) in [6.07, 6.45) is 1.96. The van der Waals surface area contributed by atoms with E-state index in [9.17, 15) is 31.0 Å². The lowest BCUT2D eigenvalue weighted by molar-refractivity contribution is -0.132. The highest BCUT2D eigenvalue weighted by molar-refractivity contribution is 7.86. The van der Waals surface area contributed by atoms with Gasteiger partial charge in [-0.25, -0.2) is 5.01 Å². The molecule has 15 heteroatoms. The Morgan fingerprint density at radius 3 is 1.84 bits per heavy atom. The number of nitrogens with zero attached hydrogens (tertiary/aromatic N) is 4. The monoisotopic (exact) mass is 479 g/mol. The lowest BCUT2D eigenvalue weighted by atomic mass is 9.94. The van der Waals surface area contributed by atoms with Crippen molar-refractivity contribution < 1.29 is 35.5 Å². The third-order valence-corrected chi connectivity index (χ3v) is 8.64. The van der Waals surface area contributed by atoms with Crippen LogP contribution in [0.5, 0.6) is 0 Å². The molecule has 2 saturated carbocycles. The normalized spacial score (nSPS) is 33.0. The molecular weight excluding hydrogens is 454 g/mol. The van der Waals surface area contributed by atoms with Crippen LogP contribution in [-0.2, 0) is 29.8 Å². The van der Waals surface area contributed by atoms with E-state index >= 15 is 0 Å². The molecule has 3 rings (SSSR count). The van der Waals surface area contributed by atoms with Gasteiger partial charge in [0, 0.05) is 0 Å². The van der Waals surface area contributed by atoms with Gasteiger partial charge in [-0.2, -0.15) is 32.2 Å². The van der Waals surface area contributed by atoms with Crippen LogP contribution in [0.2, 0.25) is 0 Å². The minimum absolute atomic E-state index is 0.151. The number of primary amides is 1. The lowest BCUT2D eigenvalue weighted by Crippen LogP contribution is -2.42. The standard InChI is InChI=1S/C16H25N5O8S2/c17-15(22)13-14(19-18-9-1-5-11(6-2-9)30(24,25)26)16(23)21(20-13)10-3-7-12(8-4-10)31(27,28)29/h9-12,14H,1-8H2,(H2,17,22)(H,24,25,26)(H,27,28,29). The molecule has 0 bridgehead atoms. The van der Waals surface area contributed by atoms with Crippen molar-refractivity contribution in [3.8, 4) is 0 Å². The molecule has 1 unspecified atom stereocenters. The summed E-state index contributed by atoms with van der Waals surface area (Å²) in [7, 11) is -8.26. The molecule has 0 radical (unpaired) electrons. The van der Waals surface area contributed by atoms with Gasteiger partial charge >= 0.3 is 0 Å². The van der Waals surface area contributed by atoms with Crippen LogP contribution in [0.4, 0.5) is 0 Å². The fourth-order valence-corrected chi connectivity index (χ4v) is 5.95. The lowest BCUT2D eigenvalue weighted by Gasteiger charge is -2.31. The van der Waals surface area contributed by atoms with Crippen LogP contribution in [0.3, 0.4) is 0 Å². The van der Waals surface area contributed by atoms with Crippen molar-refractivity contribution in [3.63, 3.8) is 0 Å². The van der Waals surface area contributed by atoms with E-state index in [1.165, 1.54) is 0 Å². The Kier molecular flexibility index (Phi) is 6.78. The van der Waals surface area contributed by atoms with Crippen molar-refractivity contribution in [2.45, 2.75) is 80.0 Å². The maximum Gasteiger partial charge on any atom is 0.276 e. The van der Waals surface area contributed by atoms with Crippen molar-refractivity contribution in [2.75, 3.05) is 0 Å². The van der Waals surface area contributed by atoms with E-state index in [-0.39, 0.29) is 50.3 Å². The number of azo groups is 1. The van der Waals surface area contributed by atoms with Gasteiger partial charge in [-0.15, -0.1) is 0 Å². The molecule has 4 N–H and O–H groups in total. The Morgan fingerprint density at radius 2 is 1.39 bits per heavy atom. The van der Waals surface area contributed by atoms with Crippen LogP contribution < -0.4 is 5.73 Å². The minimum Gasteiger partial charge on any atom is -0.364 e. The Morgan fingerprint density at radius 1 is 0.903 bits per heavy atom. The maximum absolute atomic E-state index is 12.8. The number of carbonyl (C=O) groups is 2. The van der Waals surface area contributed by atoms with Gasteiger partial charge in [-0.05, 0) is 51.4 Å². The van der Waals surface area contributed by atoms with Crippen LogP contribution in [0.15, 0.2) is 15.3 Å². The third kappa shape index (κ3) is 5.45. The third-order valence-electron chi connectivity index (χ3n) is 6.01. The fourth-order valence-electron chi connectivity index (χ4n) is 4.22. The van der Waals surface area contributed by atoms with Gasteiger partial charge in [0.1, 0.15) is 0 Å². The topological polar surface area (TPSA) is 209 Å². The molecule has 2 amide bonds. The minimum atomic E-state index is -4.16. The Labute approximate surface area is 179 Å². The first-order chi connectivity index (χ1) is 14.4. The second-order valence-electron chi connectivity index (χ2n) is 8.06. The van der Waals surface area contributed by atoms with Gasteiger partial charge in [-0.1, -0.05) is 0 Å². The van der Waals surface area contributed by atoms with Crippen LogP contribution in [0.1, 0.15) is 51.4 Å². The first kappa shape index (κ1) is 23.7. The van der Waals surface area contributed by atoms with E-state index < -0.39 is 54.6 Å². The molecule has 3 aliphatic rings. The van der Waals surface area contributed by atoms with Crippen LogP contribution in [0, 0.1) is 0 Å². The largest absolute Gasteiger partial charge is 0.364 e. The van der Waals surface area contributed by atoms with Gasteiger partial charge in [0.25, 0.3) is 32.1 Å². The molecule has 0 aromatic carbocycles. The summed E-state index contributed by atoms with van der Waals surface area (Å²) in [6.45, 7) is 0. The molecule has 174 valence electrons. The summed E-state index contributed by atoms with van der Waals surface area (Å²) in [5.41, 5.74) is 5.07. The number of amides is 2. The van der Waals surface area contributed by atoms with Crippen LogP contribution in [-0.4, -0.2) is 77.1 Å². The number of carbonyl (C=O) groups excluding carboxylic acids is 2. The highest BCUT2D eigenvalue weighted by atomic mass is 32.2. The first-order valence-corrected chi connectivity index (χ1v) is 12.9. The molecule has 0 saturated heterocycles. The van der Waals surface area contributed by atoms with E-state index in [1.807, 2.05) is 0 Å². The molecule has 13 nitrogen and oxygen atoms in total. The summed E-state index contributed by atoms with van der Waals surface area (Å²) in [6, 6.07) is -2.12. The highest BCUT2D eigenvalue weighted by Gasteiger charge is 2.44. The zero-order valence-corrected chi connectivity index (χ0v) is 18.2. The molecular formula is C16H25N5O8S2. The van der Waals surface area contributed by atoms with Crippen LogP contribution in [0.25, 0.3) is 0 Å². The van der Waals surface area contributed by atoms with E-state index in [0.29, 0.717) is 12.8 Å². The Bertz CT molecular complexity index is 993. The van der Waals surface area contributed by atoms with E-state index in [2.05, 4.69) is 15.3 Å². The smallest absolute Gasteiger partial charge is 0.276 e. The second-order valence-corrected chi connectivity index (χ2v) is 11.5. The predicted octanol–water partition coefficient (Wildman–Crippen LogP) is -0.111. The van der Waals surface area contributed by atoms with E-state index in [0.717, 1.165) is 5.01 Å². The van der Waals surface area contributed by atoms with Crippen molar-refractivity contribution in [1.29, 1.82) is 0 Å². The van der Waals surface area contributed by atoms with Gasteiger partial charge in [0.05, 0.1) is 22.6 Å². The van der Waals surface area contributed by atoms with Crippen molar-refractivity contribution in [3.05, 3.63) is 0 Å². The summed E-state index contributed by atoms with van der Waals surface area (Å²) in [5.74, 6) is -1.53. The van der Waals surface area contributed by atoms with Gasteiger partial charge in [0.2, 0.25) is 0 Å². The summed E-state index contributed by atoms with van der Waals surface area (Å²) < 4.78 is 63.3. The number of hydrazone groups is 1. The highest BCUT2D eigenvalue weighted by Crippen LogP contribution is 2.31. The predicted molar refractivity (Wildman–Crippen MR) is 107 cm³/mol. The summed E-state index contributed by atoms with van der Waals surface area (Å²) in [4.78, 5) is 24.6. The molecule has 0 aromatic heterocycles. The molecule has 2 fully saturated rings. The molecule has 1 heterocycles. The van der Waals surface area contributed by atoms with Crippen molar-refractivity contribution in [2.24, 2.45) is 21.1 Å². The Hall–Kier alpha value is -1.97. The molecule has 1 atom stereocenters. The summed E-state index contributed by atoms with van der Waals surface area (Å²) >= 11 is 0. The van der Waals surface area contributed by atoms with Gasteiger partial charge in [-0.3, -0.25) is 18.7 Å². The van der Waals surface area contributed by atoms with Gasteiger partial charge < -0.3 is 5.73 Å². The summed E-state index contributed by atoms with van der Waals surface area (Å²) in [5, 5.41) is 11.4. The number of hydrogen-bond acceptors (Lipinski definition) is 9. The zero-order valence-electron chi connectivity index (χ0n) is 16.6. The van der Waals surface area contributed by atoms with E-state index in [4.69, 9.17) is 10.3 Å². The average molecular weight is 480 g/mol. The average Bonchev–Trinajstić information content (AvgIpc) is 3.02. The zero-order chi connectivity index (χ0) is 23.0.